The van der Waals surface area contributed by atoms with E-state index in [1.165, 1.54) is 0 Å². The van der Waals surface area contributed by atoms with Crippen LogP contribution in [-0.2, 0) is 11.3 Å². The number of ether oxygens (including phenoxy) is 2. The van der Waals surface area contributed by atoms with Gasteiger partial charge in [0.25, 0.3) is 0 Å². The Kier molecular flexibility index (Phi) is 5.38. The van der Waals surface area contributed by atoms with Crippen LogP contribution in [0.2, 0.25) is 0 Å². The molecule has 5 nitrogen and oxygen atoms in total. The highest BCUT2D eigenvalue weighted by molar-refractivity contribution is 5.81. The van der Waals surface area contributed by atoms with Gasteiger partial charge in [0, 0.05) is 12.1 Å². The highest BCUT2D eigenvalue weighted by atomic mass is 16.5. The lowest BCUT2D eigenvalue weighted by Gasteiger charge is -2.18. The first-order chi connectivity index (χ1) is 10.7. The number of rotatable bonds is 7. The van der Waals surface area contributed by atoms with E-state index in [4.69, 9.17) is 15.2 Å². The molecule has 0 spiro atoms. The maximum Gasteiger partial charge on any atom is 0.239 e. The average molecular weight is 300 g/mol. The summed E-state index contributed by atoms with van der Waals surface area (Å²) in [6, 6.07) is 14.4. The molecule has 0 bridgehead atoms. The van der Waals surface area contributed by atoms with Gasteiger partial charge in [-0.15, -0.1) is 0 Å². The molecule has 2 aromatic rings. The zero-order valence-corrected chi connectivity index (χ0v) is 12.7. The summed E-state index contributed by atoms with van der Waals surface area (Å²) in [5, 5.41) is 3.17. The maximum atomic E-state index is 11.7. The van der Waals surface area contributed by atoms with Crippen molar-refractivity contribution in [2.75, 3.05) is 14.2 Å². The lowest BCUT2D eigenvalue weighted by molar-refractivity contribution is -0.120. The number of primary amides is 1. The van der Waals surface area contributed by atoms with Gasteiger partial charge in [-0.3, -0.25) is 10.1 Å². The monoisotopic (exact) mass is 300 g/mol. The molecule has 0 aromatic heterocycles. The van der Waals surface area contributed by atoms with Crippen LogP contribution in [0, 0.1) is 0 Å². The SMILES string of the molecule is COc1cccc(CN[C@H](C(N)=O)c2ccccc2)c1OC. The second-order valence-electron chi connectivity index (χ2n) is 4.78. The minimum atomic E-state index is -0.558. The molecule has 22 heavy (non-hydrogen) atoms. The number of nitrogens with two attached hydrogens (primary N) is 1. The van der Waals surface area contributed by atoms with Crippen LogP contribution in [0.5, 0.6) is 11.5 Å². The Morgan fingerprint density at radius 3 is 2.41 bits per heavy atom. The third-order valence-corrected chi connectivity index (χ3v) is 3.40. The Labute approximate surface area is 130 Å². The molecule has 1 atom stereocenters. The van der Waals surface area contributed by atoms with Gasteiger partial charge in [0.1, 0.15) is 6.04 Å². The molecular weight excluding hydrogens is 280 g/mol. The first kappa shape index (κ1) is 15.9. The average Bonchev–Trinajstić information content (AvgIpc) is 2.55. The molecule has 1 amide bonds. The largest absolute Gasteiger partial charge is 0.493 e. The summed E-state index contributed by atoms with van der Waals surface area (Å²) in [6.07, 6.45) is 0. The lowest BCUT2D eigenvalue weighted by atomic mass is 10.1. The number of methoxy groups -OCH3 is 2. The second-order valence-corrected chi connectivity index (χ2v) is 4.78. The summed E-state index contributed by atoms with van der Waals surface area (Å²) < 4.78 is 10.7. The van der Waals surface area contributed by atoms with Crippen LogP contribution >= 0.6 is 0 Å². The number of hydrogen-bond acceptors (Lipinski definition) is 4. The number of nitrogens with one attached hydrogen (secondary N) is 1. The molecule has 0 aliphatic rings. The van der Waals surface area contributed by atoms with Crippen LogP contribution in [-0.4, -0.2) is 20.1 Å². The smallest absolute Gasteiger partial charge is 0.239 e. The summed E-state index contributed by atoms with van der Waals surface area (Å²) in [5.74, 6) is 0.874. The van der Waals surface area contributed by atoms with Crippen LogP contribution in [0.1, 0.15) is 17.2 Å². The van der Waals surface area contributed by atoms with E-state index in [1.54, 1.807) is 14.2 Å². The van der Waals surface area contributed by atoms with Crippen LogP contribution in [0.25, 0.3) is 0 Å². The minimum absolute atomic E-state index is 0.423. The number of para-hydroxylation sites is 1. The van der Waals surface area contributed by atoms with E-state index in [9.17, 15) is 4.79 Å². The van der Waals surface area contributed by atoms with E-state index in [2.05, 4.69) is 5.32 Å². The molecule has 0 unspecified atom stereocenters. The van der Waals surface area contributed by atoms with E-state index in [-0.39, 0.29) is 0 Å². The number of benzene rings is 2. The van der Waals surface area contributed by atoms with Gasteiger partial charge in [-0.05, 0) is 11.6 Å². The standard InChI is InChI=1S/C17H20N2O3/c1-21-14-10-6-9-13(16(14)22-2)11-19-15(17(18)20)12-7-4-3-5-8-12/h3-10,15,19H,11H2,1-2H3,(H2,18,20)/t15-/m0/s1. The summed E-state index contributed by atoms with van der Waals surface area (Å²) in [5.41, 5.74) is 7.23. The van der Waals surface area contributed by atoms with Gasteiger partial charge < -0.3 is 15.2 Å². The van der Waals surface area contributed by atoms with Gasteiger partial charge in [0.05, 0.1) is 14.2 Å². The number of amides is 1. The number of carbonyl (C=O) groups excluding carboxylic acids is 1. The predicted octanol–water partition coefficient (Wildman–Crippen LogP) is 2.02. The third-order valence-electron chi connectivity index (χ3n) is 3.40. The zero-order chi connectivity index (χ0) is 15.9. The quantitative estimate of drug-likeness (QED) is 0.820. The Morgan fingerprint density at radius 1 is 1.09 bits per heavy atom. The van der Waals surface area contributed by atoms with Gasteiger partial charge in [-0.1, -0.05) is 42.5 Å². The lowest BCUT2D eigenvalue weighted by Crippen LogP contribution is -2.33. The maximum absolute atomic E-state index is 11.7. The molecule has 5 heteroatoms. The Balaban J connectivity index is 2.19. The van der Waals surface area contributed by atoms with Crippen molar-refractivity contribution in [1.29, 1.82) is 0 Å². The van der Waals surface area contributed by atoms with Gasteiger partial charge in [0.2, 0.25) is 5.91 Å². The van der Waals surface area contributed by atoms with Gasteiger partial charge >= 0.3 is 0 Å². The topological polar surface area (TPSA) is 73.6 Å². The molecule has 2 aromatic carbocycles. The van der Waals surface area contributed by atoms with Crippen molar-refractivity contribution in [2.45, 2.75) is 12.6 Å². The van der Waals surface area contributed by atoms with Gasteiger partial charge in [0.15, 0.2) is 11.5 Å². The van der Waals surface area contributed by atoms with E-state index in [0.29, 0.717) is 18.0 Å². The predicted molar refractivity (Wildman–Crippen MR) is 84.8 cm³/mol. The van der Waals surface area contributed by atoms with E-state index < -0.39 is 11.9 Å². The molecule has 3 N–H and O–H groups in total. The molecule has 0 aliphatic heterocycles. The molecule has 0 saturated heterocycles. The van der Waals surface area contributed by atoms with Gasteiger partial charge in [-0.2, -0.15) is 0 Å². The van der Waals surface area contributed by atoms with E-state index in [0.717, 1.165) is 11.1 Å². The Hall–Kier alpha value is -2.53. The van der Waals surface area contributed by atoms with Crippen LogP contribution < -0.4 is 20.5 Å². The van der Waals surface area contributed by atoms with Crippen LogP contribution in [0.4, 0.5) is 0 Å². The molecule has 0 radical (unpaired) electrons. The molecule has 0 aliphatic carbocycles. The van der Waals surface area contributed by atoms with Crippen molar-refractivity contribution in [3.05, 3.63) is 59.7 Å². The fraction of sp³-hybridized carbons (Fsp3) is 0.235. The zero-order valence-electron chi connectivity index (χ0n) is 12.7. The Bertz CT molecular complexity index is 629. The van der Waals surface area contributed by atoms with Crippen molar-refractivity contribution in [3.8, 4) is 11.5 Å². The van der Waals surface area contributed by atoms with Crippen molar-refractivity contribution in [3.63, 3.8) is 0 Å². The van der Waals surface area contributed by atoms with Crippen LogP contribution in [0.15, 0.2) is 48.5 Å². The molecule has 2 rings (SSSR count). The fourth-order valence-electron chi connectivity index (χ4n) is 2.33. The molecule has 0 fully saturated rings. The van der Waals surface area contributed by atoms with Crippen molar-refractivity contribution in [2.24, 2.45) is 5.73 Å². The van der Waals surface area contributed by atoms with Crippen LogP contribution in [0.3, 0.4) is 0 Å². The van der Waals surface area contributed by atoms with Gasteiger partial charge in [-0.25, -0.2) is 0 Å². The first-order valence-electron chi connectivity index (χ1n) is 6.95. The molecule has 0 heterocycles. The molecule has 116 valence electrons. The number of carbonyl (C=O) groups is 1. The van der Waals surface area contributed by atoms with Crippen molar-refractivity contribution < 1.29 is 14.3 Å². The second kappa shape index (κ2) is 7.47. The summed E-state index contributed by atoms with van der Waals surface area (Å²) in [6.45, 7) is 0.433. The van der Waals surface area contributed by atoms with Crippen molar-refractivity contribution in [1.82, 2.24) is 5.32 Å². The highest BCUT2D eigenvalue weighted by Crippen LogP contribution is 2.30. The Morgan fingerprint density at radius 2 is 1.82 bits per heavy atom. The normalized spacial score (nSPS) is 11.7. The first-order valence-corrected chi connectivity index (χ1v) is 6.95. The molecular formula is C17H20N2O3. The third kappa shape index (κ3) is 3.56. The van der Waals surface area contributed by atoms with E-state index in [1.807, 2.05) is 48.5 Å². The van der Waals surface area contributed by atoms with E-state index >= 15 is 0 Å². The summed E-state index contributed by atoms with van der Waals surface area (Å²) in [7, 11) is 3.18. The minimum Gasteiger partial charge on any atom is -0.493 e. The summed E-state index contributed by atoms with van der Waals surface area (Å²) in [4.78, 5) is 11.7. The number of hydrogen-bond donors (Lipinski definition) is 2. The highest BCUT2D eigenvalue weighted by Gasteiger charge is 2.18. The fourth-order valence-corrected chi connectivity index (χ4v) is 2.33. The summed E-state index contributed by atoms with van der Waals surface area (Å²) >= 11 is 0. The van der Waals surface area contributed by atoms with Crippen molar-refractivity contribution >= 4 is 5.91 Å². The molecule has 0 saturated carbocycles.